The molecule has 0 saturated heterocycles. The zero-order valence-corrected chi connectivity index (χ0v) is 12.9. The average Bonchev–Trinajstić information content (AvgIpc) is 3.14. The summed E-state index contributed by atoms with van der Waals surface area (Å²) in [6, 6.07) is 7.46. The number of hydrogen-bond acceptors (Lipinski definition) is 2. The van der Waals surface area contributed by atoms with E-state index in [1.54, 1.807) is 0 Å². The predicted molar refractivity (Wildman–Crippen MR) is 83.0 cm³/mol. The Balaban J connectivity index is 2.12. The van der Waals surface area contributed by atoms with Crippen molar-refractivity contribution in [3.63, 3.8) is 0 Å². The molecule has 0 amide bonds. The minimum atomic E-state index is 0.403. The number of aromatic nitrogens is 2. The Kier molecular flexibility index (Phi) is 3.55. The molecule has 2 aromatic rings. The van der Waals surface area contributed by atoms with Gasteiger partial charge in [-0.3, -0.25) is 0 Å². The van der Waals surface area contributed by atoms with Crippen LogP contribution in [0, 0.1) is 5.92 Å². The number of rotatable bonds is 5. The van der Waals surface area contributed by atoms with Gasteiger partial charge in [-0.15, -0.1) is 0 Å². The Labute approximate surface area is 121 Å². The van der Waals surface area contributed by atoms with Crippen LogP contribution in [0.15, 0.2) is 24.4 Å². The fraction of sp³-hybridized carbons (Fsp3) is 0.588. The van der Waals surface area contributed by atoms with Crippen LogP contribution in [0.3, 0.4) is 0 Å². The number of hydrogen-bond donors (Lipinski definition) is 1. The highest BCUT2D eigenvalue weighted by Gasteiger charge is 2.31. The molecule has 0 spiro atoms. The van der Waals surface area contributed by atoms with Gasteiger partial charge in [0.1, 0.15) is 0 Å². The van der Waals surface area contributed by atoms with Crippen LogP contribution in [-0.2, 0) is 0 Å². The first-order valence-corrected chi connectivity index (χ1v) is 7.81. The zero-order valence-electron chi connectivity index (χ0n) is 12.9. The van der Waals surface area contributed by atoms with Crippen molar-refractivity contribution in [2.75, 3.05) is 0 Å². The maximum absolute atomic E-state index is 4.82. The summed E-state index contributed by atoms with van der Waals surface area (Å²) in [5, 5.41) is 8.65. The van der Waals surface area contributed by atoms with Gasteiger partial charge in [0.15, 0.2) is 0 Å². The van der Waals surface area contributed by atoms with E-state index >= 15 is 0 Å². The lowest BCUT2D eigenvalue weighted by Gasteiger charge is -2.24. The number of nitrogens with zero attached hydrogens (tertiary/aromatic N) is 2. The van der Waals surface area contributed by atoms with E-state index < -0.39 is 0 Å². The molecule has 0 aliphatic heterocycles. The Bertz CT molecular complexity index is 593. The van der Waals surface area contributed by atoms with Crippen molar-refractivity contribution >= 4 is 5.52 Å². The van der Waals surface area contributed by atoms with Gasteiger partial charge in [0.25, 0.3) is 0 Å². The highest BCUT2D eigenvalue weighted by molar-refractivity contribution is 5.58. The summed E-state index contributed by atoms with van der Waals surface area (Å²) in [7, 11) is 0. The van der Waals surface area contributed by atoms with Crippen molar-refractivity contribution in [1.82, 2.24) is 14.9 Å². The molecule has 1 N–H and O–H groups in total. The quantitative estimate of drug-likeness (QED) is 0.893. The maximum atomic E-state index is 4.82. The minimum Gasteiger partial charge on any atom is -0.307 e. The molecule has 108 valence electrons. The van der Waals surface area contributed by atoms with E-state index in [2.05, 4.69) is 51.3 Å². The first kappa shape index (κ1) is 13.6. The maximum Gasteiger partial charge on any atom is 0.0712 e. The molecular weight excluding hydrogens is 246 g/mol. The molecule has 1 unspecified atom stereocenters. The average molecular weight is 271 g/mol. The molecule has 1 fully saturated rings. The highest BCUT2D eigenvalue weighted by atomic mass is 15.2. The van der Waals surface area contributed by atoms with Crippen molar-refractivity contribution in [3.05, 3.63) is 35.7 Å². The lowest BCUT2D eigenvalue weighted by atomic mass is 9.91. The van der Waals surface area contributed by atoms with Crippen molar-refractivity contribution in [1.29, 1.82) is 0 Å². The topological polar surface area (TPSA) is 29.3 Å². The van der Waals surface area contributed by atoms with Crippen molar-refractivity contribution < 1.29 is 0 Å². The highest BCUT2D eigenvalue weighted by Crippen LogP contribution is 2.35. The second kappa shape index (κ2) is 5.21. The molecule has 3 heteroatoms. The standard InChI is InChI=1S/C17H25N3/c1-11(2)16(18-13-8-9-13)15-14-7-5-6-10-20(14)19-17(15)12(3)4/h5-7,10-13,16,18H,8-9H2,1-4H3. The second-order valence-corrected chi connectivity index (χ2v) is 6.65. The van der Waals surface area contributed by atoms with Crippen LogP contribution in [0.25, 0.3) is 5.52 Å². The molecule has 1 atom stereocenters. The Morgan fingerprint density at radius 3 is 2.55 bits per heavy atom. The van der Waals surface area contributed by atoms with Crippen LogP contribution in [-0.4, -0.2) is 15.7 Å². The van der Waals surface area contributed by atoms with Crippen molar-refractivity contribution in [2.24, 2.45) is 5.92 Å². The number of pyridine rings is 1. The van der Waals surface area contributed by atoms with Gasteiger partial charge in [-0.05, 0) is 36.8 Å². The van der Waals surface area contributed by atoms with Crippen LogP contribution in [0.5, 0.6) is 0 Å². The van der Waals surface area contributed by atoms with E-state index in [9.17, 15) is 0 Å². The Hall–Kier alpha value is -1.35. The summed E-state index contributed by atoms with van der Waals surface area (Å²) >= 11 is 0. The molecule has 2 aromatic heterocycles. The van der Waals surface area contributed by atoms with E-state index in [1.807, 2.05) is 10.6 Å². The largest absolute Gasteiger partial charge is 0.307 e. The lowest BCUT2D eigenvalue weighted by molar-refractivity contribution is 0.408. The summed E-state index contributed by atoms with van der Waals surface area (Å²) in [6.07, 6.45) is 4.69. The molecular formula is C17H25N3. The molecule has 0 bridgehead atoms. The van der Waals surface area contributed by atoms with Crippen LogP contribution < -0.4 is 5.32 Å². The molecule has 1 aliphatic rings. The first-order valence-electron chi connectivity index (χ1n) is 7.81. The summed E-state index contributed by atoms with van der Waals surface area (Å²) in [6.45, 7) is 9.08. The fourth-order valence-electron chi connectivity index (χ4n) is 2.89. The molecule has 3 nitrogen and oxygen atoms in total. The van der Waals surface area contributed by atoms with Crippen LogP contribution in [0.4, 0.5) is 0 Å². The lowest BCUT2D eigenvalue weighted by Crippen LogP contribution is -2.28. The summed E-state index contributed by atoms with van der Waals surface area (Å²) in [5.41, 5.74) is 3.90. The molecule has 2 heterocycles. The second-order valence-electron chi connectivity index (χ2n) is 6.65. The molecule has 3 rings (SSSR count). The van der Waals surface area contributed by atoms with Gasteiger partial charge < -0.3 is 5.32 Å². The minimum absolute atomic E-state index is 0.403. The third-order valence-electron chi connectivity index (χ3n) is 4.12. The molecule has 1 saturated carbocycles. The van der Waals surface area contributed by atoms with E-state index in [1.165, 1.54) is 29.6 Å². The molecule has 0 aromatic carbocycles. The zero-order chi connectivity index (χ0) is 14.3. The molecule has 0 radical (unpaired) electrons. The predicted octanol–water partition coefficient (Wildman–Crippen LogP) is 3.91. The van der Waals surface area contributed by atoms with E-state index in [0.717, 1.165) is 0 Å². The van der Waals surface area contributed by atoms with E-state index in [-0.39, 0.29) is 0 Å². The van der Waals surface area contributed by atoms with Crippen molar-refractivity contribution in [3.8, 4) is 0 Å². The van der Waals surface area contributed by atoms with E-state index in [4.69, 9.17) is 5.10 Å². The van der Waals surface area contributed by atoms with Gasteiger partial charge in [0.2, 0.25) is 0 Å². The monoisotopic (exact) mass is 271 g/mol. The summed E-state index contributed by atoms with van der Waals surface area (Å²) < 4.78 is 2.04. The van der Waals surface area contributed by atoms with Gasteiger partial charge in [-0.2, -0.15) is 5.10 Å². The van der Waals surface area contributed by atoms with Crippen LogP contribution >= 0.6 is 0 Å². The van der Waals surface area contributed by atoms with Gasteiger partial charge in [-0.1, -0.05) is 33.8 Å². The van der Waals surface area contributed by atoms with Gasteiger partial charge >= 0.3 is 0 Å². The third kappa shape index (κ3) is 2.47. The Morgan fingerprint density at radius 2 is 1.95 bits per heavy atom. The molecule has 1 aliphatic carbocycles. The third-order valence-corrected chi connectivity index (χ3v) is 4.12. The van der Waals surface area contributed by atoms with Gasteiger partial charge in [-0.25, -0.2) is 4.52 Å². The molecule has 20 heavy (non-hydrogen) atoms. The normalized spacial score (nSPS) is 17.3. The van der Waals surface area contributed by atoms with Crippen LogP contribution in [0.2, 0.25) is 0 Å². The first-order chi connectivity index (χ1) is 9.58. The summed E-state index contributed by atoms with van der Waals surface area (Å²) in [4.78, 5) is 0. The van der Waals surface area contributed by atoms with E-state index in [0.29, 0.717) is 23.9 Å². The van der Waals surface area contributed by atoms with Crippen molar-refractivity contribution in [2.45, 2.75) is 58.5 Å². The summed E-state index contributed by atoms with van der Waals surface area (Å²) in [5.74, 6) is 1.02. The Morgan fingerprint density at radius 1 is 1.20 bits per heavy atom. The number of nitrogens with one attached hydrogen (secondary N) is 1. The van der Waals surface area contributed by atoms with Gasteiger partial charge in [0, 0.05) is 23.8 Å². The SMILES string of the molecule is CC(C)c1nn2ccccc2c1C(NC1CC1)C(C)C. The number of fused-ring (bicyclic) bond motifs is 1. The van der Waals surface area contributed by atoms with Crippen LogP contribution in [0.1, 0.15) is 63.8 Å². The smallest absolute Gasteiger partial charge is 0.0712 e. The fourth-order valence-corrected chi connectivity index (χ4v) is 2.89. The van der Waals surface area contributed by atoms with Gasteiger partial charge in [0.05, 0.1) is 11.2 Å².